The van der Waals surface area contributed by atoms with Crippen molar-refractivity contribution in [2.45, 2.75) is 18.8 Å². The Morgan fingerprint density at radius 3 is 2.56 bits per heavy atom. The van der Waals surface area contributed by atoms with E-state index in [9.17, 15) is 4.39 Å². The number of nitrogens with zero attached hydrogens (tertiary/aromatic N) is 2. The molecule has 0 aliphatic carbocycles. The molecular formula is C19H21FN4S. The Balaban J connectivity index is 1.63. The summed E-state index contributed by atoms with van der Waals surface area (Å²) in [6.45, 7) is 1.71. The highest BCUT2D eigenvalue weighted by Crippen LogP contribution is 2.31. The second-order valence-corrected chi connectivity index (χ2v) is 6.56. The van der Waals surface area contributed by atoms with Crippen LogP contribution in [-0.4, -0.2) is 24.4 Å². The van der Waals surface area contributed by atoms with E-state index in [4.69, 9.17) is 5.73 Å². The summed E-state index contributed by atoms with van der Waals surface area (Å²) in [7, 11) is 0. The number of hydrogen-bond donors (Lipinski definition) is 2. The molecule has 2 aromatic carbocycles. The van der Waals surface area contributed by atoms with E-state index in [1.54, 1.807) is 6.07 Å². The molecule has 1 fully saturated rings. The van der Waals surface area contributed by atoms with Crippen molar-refractivity contribution in [3.05, 3.63) is 65.5 Å². The highest BCUT2D eigenvalue weighted by molar-refractivity contribution is 7.80. The summed E-state index contributed by atoms with van der Waals surface area (Å²) in [5.74, 6) is 0.315. The van der Waals surface area contributed by atoms with Gasteiger partial charge in [-0.2, -0.15) is 5.10 Å². The van der Waals surface area contributed by atoms with Crippen LogP contribution in [0.2, 0.25) is 0 Å². The van der Waals surface area contributed by atoms with Gasteiger partial charge in [-0.05, 0) is 54.2 Å². The maximum absolute atomic E-state index is 14.5. The van der Waals surface area contributed by atoms with Gasteiger partial charge in [-0.25, -0.2) is 4.39 Å². The lowest BCUT2D eigenvalue weighted by Gasteiger charge is -2.34. The quantitative estimate of drug-likeness (QED) is 0.501. The Bertz CT molecular complexity index is 755. The largest absolute Gasteiger partial charge is 0.375 e. The minimum Gasteiger partial charge on any atom is -0.375 e. The summed E-state index contributed by atoms with van der Waals surface area (Å²) in [4.78, 5) is 2.11. The van der Waals surface area contributed by atoms with Crippen LogP contribution in [0.25, 0.3) is 0 Å². The van der Waals surface area contributed by atoms with Crippen LogP contribution in [0.1, 0.15) is 29.9 Å². The van der Waals surface area contributed by atoms with Gasteiger partial charge in [0.15, 0.2) is 5.11 Å². The molecule has 1 aliphatic rings. The second kappa shape index (κ2) is 8.07. The monoisotopic (exact) mass is 356 g/mol. The standard InChI is InChI=1S/C19H21FN4S/c20-17-12-14(13-22-23-19(21)25)6-7-18(17)24-10-8-16(9-11-24)15-4-2-1-3-5-15/h1-7,12-13,16H,8-11H2,(H3,21,23,25)/b22-13+. The average Bonchev–Trinajstić information content (AvgIpc) is 2.63. The van der Waals surface area contributed by atoms with E-state index in [0.717, 1.165) is 25.9 Å². The molecule has 2 aromatic rings. The first-order chi connectivity index (χ1) is 12.1. The molecule has 6 heteroatoms. The van der Waals surface area contributed by atoms with E-state index in [-0.39, 0.29) is 10.9 Å². The van der Waals surface area contributed by atoms with Crippen molar-refractivity contribution < 1.29 is 4.39 Å². The second-order valence-electron chi connectivity index (χ2n) is 6.12. The van der Waals surface area contributed by atoms with Gasteiger partial charge in [0.1, 0.15) is 5.82 Å². The average molecular weight is 356 g/mol. The van der Waals surface area contributed by atoms with Gasteiger partial charge in [-0.3, -0.25) is 5.43 Å². The van der Waals surface area contributed by atoms with Crippen LogP contribution >= 0.6 is 12.2 Å². The topological polar surface area (TPSA) is 53.6 Å². The van der Waals surface area contributed by atoms with E-state index < -0.39 is 0 Å². The highest BCUT2D eigenvalue weighted by atomic mass is 32.1. The normalized spacial score (nSPS) is 15.5. The Kier molecular flexibility index (Phi) is 5.60. The van der Waals surface area contributed by atoms with Crippen molar-refractivity contribution >= 4 is 29.2 Å². The zero-order valence-corrected chi connectivity index (χ0v) is 14.7. The van der Waals surface area contributed by atoms with Gasteiger partial charge < -0.3 is 10.6 Å². The van der Waals surface area contributed by atoms with Gasteiger partial charge in [0.05, 0.1) is 11.9 Å². The lowest BCUT2D eigenvalue weighted by molar-refractivity contribution is 0.497. The highest BCUT2D eigenvalue weighted by Gasteiger charge is 2.22. The number of anilines is 1. The lowest BCUT2D eigenvalue weighted by atomic mass is 9.89. The fourth-order valence-corrected chi connectivity index (χ4v) is 3.26. The SMILES string of the molecule is NC(=S)N/N=C/c1ccc(N2CCC(c3ccccc3)CC2)c(F)c1. The van der Waals surface area contributed by atoms with Gasteiger partial charge in [0, 0.05) is 13.1 Å². The van der Waals surface area contributed by atoms with E-state index in [2.05, 4.69) is 51.9 Å². The van der Waals surface area contributed by atoms with E-state index in [1.165, 1.54) is 17.8 Å². The number of nitrogens with one attached hydrogen (secondary N) is 1. The summed E-state index contributed by atoms with van der Waals surface area (Å²) < 4.78 is 14.5. The first kappa shape index (κ1) is 17.4. The van der Waals surface area contributed by atoms with Crippen molar-refractivity contribution in [2.24, 2.45) is 10.8 Å². The minimum atomic E-state index is -0.238. The molecule has 25 heavy (non-hydrogen) atoms. The van der Waals surface area contributed by atoms with Gasteiger partial charge >= 0.3 is 0 Å². The third-order valence-electron chi connectivity index (χ3n) is 4.47. The molecule has 0 radical (unpaired) electrons. The number of rotatable bonds is 4. The third-order valence-corrected chi connectivity index (χ3v) is 4.56. The van der Waals surface area contributed by atoms with Crippen LogP contribution in [0.4, 0.5) is 10.1 Å². The van der Waals surface area contributed by atoms with Crippen LogP contribution in [0.3, 0.4) is 0 Å². The van der Waals surface area contributed by atoms with Crippen LogP contribution in [0, 0.1) is 5.82 Å². The Morgan fingerprint density at radius 1 is 1.20 bits per heavy atom. The van der Waals surface area contributed by atoms with E-state index in [1.807, 2.05) is 12.1 Å². The van der Waals surface area contributed by atoms with Crippen LogP contribution in [-0.2, 0) is 0 Å². The molecule has 0 aromatic heterocycles. The third kappa shape index (κ3) is 4.54. The molecule has 1 heterocycles. The molecule has 0 unspecified atom stereocenters. The van der Waals surface area contributed by atoms with Gasteiger partial charge in [-0.15, -0.1) is 0 Å². The summed E-state index contributed by atoms with van der Waals surface area (Å²) in [6.07, 6.45) is 3.56. The minimum absolute atomic E-state index is 0.0784. The van der Waals surface area contributed by atoms with Crippen molar-refractivity contribution in [2.75, 3.05) is 18.0 Å². The Labute approximate surface area is 152 Å². The van der Waals surface area contributed by atoms with E-state index in [0.29, 0.717) is 17.2 Å². The molecule has 0 amide bonds. The fourth-order valence-electron chi connectivity index (χ4n) is 3.21. The zero-order valence-electron chi connectivity index (χ0n) is 13.9. The molecule has 0 atom stereocenters. The smallest absolute Gasteiger partial charge is 0.184 e. The fraction of sp³-hybridized carbons (Fsp3) is 0.263. The maximum Gasteiger partial charge on any atom is 0.184 e. The number of thiocarbonyl (C=S) groups is 1. The van der Waals surface area contributed by atoms with Gasteiger partial charge in [0.2, 0.25) is 0 Å². The molecule has 4 nitrogen and oxygen atoms in total. The molecule has 0 bridgehead atoms. The molecule has 130 valence electrons. The number of piperidine rings is 1. The van der Waals surface area contributed by atoms with Crippen molar-refractivity contribution in [1.29, 1.82) is 0 Å². The molecular weight excluding hydrogens is 335 g/mol. The number of nitrogens with two attached hydrogens (primary N) is 1. The molecule has 0 saturated carbocycles. The summed E-state index contributed by atoms with van der Waals surface area (Å²) in [6, 6.07) is 15.7. The molecule has 3 rings (SSSR count). The molecule has 1 saturated heterocycles. The lowest BCUT2D eigenvalue weighted by Crippen LogP contribution is -2.33. The Morgan fingerprint density at radius 2 is 1.92 bits per heavy atom. The van der Waals surface area contributed by atoms with Crippen LogP contribution in [0.5, 0.6) is 0 Å². The van der Waals surface area contributed by atoms with Crippen LogP contribution in [0.15, 0.2) is 53.6 Å². The van der Waals surface area contributed by atoms with Gasteiger partial charge in [0.25, 0.3) is 0 Å². The van der Waals surface area contributed by atoms with Crippen molar-refractivity contribution in [3.8, 4) is 0 Å². The van der Waals surface area contributed by atoms with Crippen LogP contribution < -0.4 is 16.1 Å². The zero-order chi connectivity index (χ0) is 17.6. The first-order valence-corrected chi connectivity index (χ1v) is 8.72. The Hall–Kier alpha value is -2.47. The number of halogens is 1. The predicted molar refractivity (Wildman–Crippen MR) is 105 cm³/mol. The summed E-state index contributed by atoms with van der Waals surface area (Å²) in [5, 5.41) is 3.92. The summed E-state index contributed by atoms with van der Waals surface area (Å²) in [5.41, 5.74) is 10.4. The van der Waals surface area contributed by atoms with Crippen molar-refractivity contribution in [1.82, 2.24) is 5.43 Å². The number of hydrogen-bond acceptors (Lipinski definition) is 3. The summed E-state index contributed by atoms with van der Waals surface area (Å²) >= 11 is 4.66. The van der Waals surface area contributed by atoms with E-state index >= 15 is 0 Å². The van der Waals surface area contributed by atoms with Gasteiger partial charge in [-0.1, -0.05) is 36.4 Å². The molecule has 0 spiro atoms. The number of benzene rings is 2. The predicted octanol–water partition coefficient (Wildman–Crippen LogP) is 3.38. The first-order valence-electron chi connectivity index (χ1n) is 8.31. The molecule has 3 N–H and O–H groups in total. The maximum atomic E-state index is 14.5. The molecule has 1 aliphatic heterocycles. The van der Waals surface area contributed by atoms with Crippen molar-refractivity contribution in [3.63, 3.8) is 0 Å². The number of hydrazone groups is 1.